The number of carbonyl (C=O) groups is 2. The van der Waals surface area contributed by atoms with Crippen LogP contribution in [0.1, 0.15) is 22.9 Å². The summed E-state index contributed by atoms with van der Waals surface area (Å²) in [6, 6.07) is 12.2. The van der Waals surface area contributed by atoms with Crippen LogP contribution in [-0.2, 0) is 25.6 Å². The van der Waals surface area contributed by atoms with Crippen molar-refractivity contribution in [1.82, 2.24) is 14.4 Å². The van der Waals surface area contributed by atoms with Gasteiger partial charge in [-0.15, -0.1) is 0 Å². The number of hydrogen-bond donors (Lipinski definition) is 1. The standard InChI is InChI=1S/C27H31N3O6/c1-35-17-23(32)30-22-15-29-21(10-9-19(26(29)33)8-7-18-5-3-2-4-6-18)25(30)24(20(22)16-31)27(34)28-11-13-36-14-12-28/h2-10,20,22,24-25,31H,11-17H2,1H3/t20-,22-,24+,25+/m1/s1. The Morgan fingerprint density at radius 3 is 2.56 bits per heavy atom. The molecule has 1 aromatic heterocycles. The molecular formula is C27H31N3O6. The van der Waals surface area contributed by atoms with Crippen LogP contribution < -0.4 is 5.56 Å². The average molecular weight is 494 g/mol. The van der Waals surface area contributed by atoms with Gasteiger partial charge >= 0.3 is 0 Å². The van der Waals surface area contributed by atoms with Crippen LogP contribution in [0.5, 0.6) is 0 Å². The smallest absolute Gasteiger partial charge is 0.258 e. The zero-order valence-corrected chi connectivity index (χ0v) is 20.3. The molecule has 1 aromatic carbocycles. The first-order valence-electron chi connectivity index (χ1n) is 12.3. The summed E-state index contributed by atoms with van der Waals surface area (Å²) in [6.45, 7) is 1.66. The zero-order valence-electron chi connectivity index (χ0n) is 20.3. The van der Waals surface area contributed by atoms with E-state index in [1.54, 1.807) is 26.5 Å². The minimum absolute atomic E-state index is 0.117. The van der Waals surface area contributed by atoms with Crippen molar-refractivity contribution in [2.45, 2.75) is 18.6 Å². The molecule has 0 spiro atoms. The average Bonchev–Trinajstić information content (AvgIpc) is 3.16. The van der Waals surface area contributed by atoms with E-state index in [0.29, 0.717) is 37.6 Å². The van der Waals surface area contributed by atoms with Crippen molar-refractivity contribution in [2.24, 2.45) is 11.8 Å². The maximum absolute atomic E-state index is 13.8. The highest BCUT2D eigenvalue weighted by atomic mass is 16.5. The van der Waals surface area contributed by atoms with E-state index in [4.69, 9.17) is 9.47 Å². The molecule has 2 amide bonds. The third kappa shape index (κ3) is 4.27. The summed E-state index contributed by atoms with van der Waals surface area (Å²) >= 11 is 0. The molecule has 2 fully saturated rings. The van der Waals surface area contributed by atoms with E-state index in [2.05, 4.69) is 0 Å². The van der Waals surface area contributed by atoms with Gasteiger partial charge in [-0.25, -0.2) is 0 Å². The Labute approximate surface area is 209 Å². The largest absolute Gasteiger partial charge is 0.396 e. The fourth-order valence-electron chi connectivity index (χ4n) is 5.82. The summed E-state index contributed by atoms with van der Waals surface area (Å²) in [6.07, 6.45) is 3.67. The minimum Gasteiger partial charge on any atom is -0.396 e. The second-order valence-electron chi connectivity index (χ2n) is 9.43. The number of carbonyl (C=O) groups excluding carboxylic acids is 2. The van der Waals surface area contributed by atoms with Crippen molar-refractivity contribution in [3.05, 3.63) is 69.6 Å². The van der Waals surface area contributed by atoms with Gasteiger partial charge < -0.3 is 28.9 Å². The summed E-state index contributed by atoms with van der Waals surface area (Å²) in [7, 11) is 1.45. The minimum atomic E-state index is -0.655. The van der Waals surface area contributed by atoms with Gasteiger partial charge in [-0.2, -0.15) is 0 Å². The van der Waals surface area contributed by atoms with Crippen LogP contribution >= 0.6 is 0 Å². The molecule has 36 heavy (non-hydrogen) atoms. The van der Waals surface area contributed by atoms with Crippen LogP contribution in [0.2, 0.25) is 0 Å². The van der Waals surface area contributed by atoms with Crippen LogP contribution in [0.3, 0.4) is 0 Å². The summed E-state index contributed by atoms with van der Waals surface area (Å²) in [5.74, 6) is -1.52. The molecule has 4 heterocycles. The first-order valence-corrected chi connectivity index (χ1v) is 12.3. The number of aliphatic hydroxyl groups is 1. The Balaban J connectivity index is 1.56. The number of amides is 2. The Hall–Kier alpha value is -3.27. The number of rotatable bonds is 6. The SMILES string of the molecule is COCC(=O)N1[C@@H]2Cn3c(ccc(C=Cc4ccccc4)c3=O)[C@H]1[C@@H](C(=O)N1CCOCC1)[C@@H]2CO. The molecule has 2 saturated heterocycles. The first kappa shape index (κ1) is 24.4. The predicted molar refractivity (Wildman–Crippen MR) is 133 cm³/mol. The first-order chi connectivity index (χ1) is 17.5. The van der Waals surface area contributed by atoms with Crippen molar-refractivity contribution in [1.29, 1.82) is 0 Å². The van der Waals surface area contributed by atoms with Gasteiger partial charge in [0, 0.05) is 50.5 Å². The highest BCUT2D eigenvalue weighted by molar-refractivity contribution is 5.85. The number of fused-ring (bicyclic) bond motifs is 4. The number of aliphatic hydroxyl groups excluding tert-OH is 1. The molecule has 2 bridgehead atoms. The van der Waals surface area contributed by atoms with E-state index < -0.39 is 23.9 Å². The number of ether oxygens (including phenoxy) is 2. The molecule has 0 aliphatic carbocycles. The lowest BCUT2D eigenvalue weighted by molar-refractivity contribution is -0.144. The number of hydrogen-bond acceptors (Lipinski definition) is 6. The van der Waals surface area contributed by atoms with Crippen LogP contribution in [0.4, 0.5) is 0 Å². The number of aromatic nitrogens is 1. The van der Waals surface area contributed by atoms with E-state index in [0.717, 1.165) is 5.56 Å². The predicted octanol–water partition coefficient (Wildman–Crippen LogP) is 1.01. The summed E-state index contributed by atoms with van der Waals surface area (Å²) in [4.78, 5) is 43.9. The Kier molecular flexibility index (Phi) is 7.04. The molecule has 5 rings (SSSR count). The summed E-state index contributed by atoms with van der Waals surface area (Å²) in [5.41, 5.74) is 1.94. The van der Waals surface area contributed by atoms with Gasteiger partial charge in [0.15, 0.2) is 0 Å². The fraction of sp³-hybridized carbons (Fsp3) is 0.444. The monoisotopic (exact) mass is 493 g/mol. The maximum Gasteiger partial charge on any atom is 0.258 e. The maximum atomic E-state index is 13.8. The van der Waals surface area contributed by atoms with Gasteiger partial charge in [0.25, 0.3) is 5.56 Å². The lowest BCUT2D eigenvalue weighted by Gasteiger charge is -2.38. The highest BCUT2D eigenvalue weighted by Gasteiger charge is 2.58. The normalized spacial score (nSPS) is 25.3. The quantitative estimate of drug-likeness (QED) is 0.645. The molecule has 4 atom stereocenters. The van der Waals surface area contributed by atoms with Gasteiger partial charge in [0.1, 0.15) is 6.61 Å². The number of nitrogens with zero attached hydrogens (tertiary/aromatic N) is 3. The Morgan fingerprint density at radius 2 is 1.86 bits per heavy atom. The lowest BCUT2D eigenvalue weighted by atomic mass is 9.86. The van der Waals surface area contributed by atoms with Crippen molar-refractivity contribution in [2.75, 3.05) is 46.6 Å². The fourth-order valence-corrected chi connectivity index (χ4v) is 5.82. The molecule has 2 aromatic rings. The zero-order chi connectivity index (χ0) is 25.2. The van der Waals surface area contributed by atoms with Crippen molar-refractivity contribution < 1.29 is 24.2 Å². The molecule has 3 aliphatic rings. The summed E-state index contributed by atoms with van der Waals surface area (Å²) < 4.78 is 12.2. The topological polar surface area (TPSA) is 101 Å². The van der Waals surface area contributed by atoms with E-state index in [1.807, 2.05) is 42.5 Å². The Morgan fingerprint density at radius 1 is 1.11 bits per heavy atom. The molecule has 9 nitrogen and oxygen atoms in total. The van der Waals surface area contributed by atoms with Crippen LogP contribution in [0.25, 0.3) is 12.2 Å². The van der Waals surface area contributed by atoms with E-state index in [1.165, 1.54) is 7.11 Å². The van der Waals surface area contributed by atoms with Gasteiger partial charge in [-0.05, 0) is 23.8 Å². The second-order valence-corrected chi connectivity index (χ2v) is 9.43. The van der Waals surface area contributed by atoms with Gasteiger partial charge in [0.05, 0.1) is 31.2 Å². The molecule has 0 radical (unpaired) electrons. The number of pyridine rings is 1. The Bertz CT molecular complexity index is 1200. The van der Waals surface area contributed by atoms with Gasteiger partial charge in [-0.3, -0.25) is 14.4 Å². The molecule has 0 saturated carbocycles. The van der Waals surface area contributed by atoms with Crippen LogP contribution in [-0.4, -0.2) is 84.0 Å². The third-order valence-corrected chi connectivity index (χ3v) is 7.49. The van der Waals surface area contributed by atoms with Gasteiger partial charge in [0.2, 0.25) is 11.8 Å². The lowest BCUT2D eigenvalue weighted by Crippen LogP contribution is -2.50. The van der Waals surface area contributed by atoms with E-state index in [-0.39, 0.29) is 37.1 Å². The highest BCUT2D eigenvalue weighted by Crippen LogP contribution is 2.49. The summed E-state index contributed by atoms with van der Waals surface area (Å²) in [5, 5.41) is 10.4. The molecule has 190 valence electrons. The van der Waals surface area contributed by atoms with Crippen molar-refractivity contribution in [3.8, 4) is 0 Å². The van der Waals surface area contributed by atoms with Crippen molar-refractivity contribution in [3.63, 3.8) is 0 Å². The van der Waals surface area contributed by atoms with Crippen molar-refractivity contribution >= 4 is 24.0 Å². The number of morpholine rings is 1. The third-order valence-electron chi connectivity index (χ3n) is 7.49. The molecule has 0 unspecified atom stereocenters. The number of methoxy groups -OCH3 is 1. The van der Waals surface area contributed by atoms with E-state index in [9.17, 15) is 19.5 Å². The van der Waals surface area contributed by atoms with Crippen LogP contribution in [0, 0.1) is 11.8 Å². The molecule has 9 heteroatoms. The van der Waals surface area contributed by atoms with E-state index >= 15 is 0 Å². The molecule has 3 aliphatic heterocycles. The molecule has 1 N–H and O–H groups in total. The second kappa shape index (κ2) is 10.4. The van der Waals surface area contributed by atoms with Crippen LogP contribution in [0.15, 0.2) is 47.3 Å². The molecular weight excluding hydrogens is 462 g/mol. The number of benzene rings is 1. The van der Waals surface area contributed by atoms with Gasteiger partial charge in [-0.1, -0.05) is 36.4 Å².